The molecule has 0 aliphatic rings. The van der Waals surface area contributed by atoms with E-state index in [4.69, 9.17) is 11.6 Å². The molecular formula is C10H11ClN4O. The van der Waals surface area contributed by atoms with Gasteiger partial charge in [0.1, 0.15) is 5.69 Å². The van der Waals surface area contributed by atoms with E-state index in [0.717, 1.165) is 0 Å². The molecule has 0 aromatic carbocycles. The topological polar surface area (TPSA) is 51.9 Å². The van der Waals surface area contributed by atoms with Crippen LogP contribution in [0.25, 0.3) is 5.82 Å². The summed E-state index contributed by atoms with van der Waals surface area (Å²) >= 11 is 5.92. The summed E-state index contributed by atoms with van der Waals surface area (Å²) in [5.74, 6) is 0.548. The second kappa shape index (κ2) is 4.02. The Morgan fingerprint density at radius 2 is 2.25 bits per heavy atom. The first kappa shape index (κ1) is 10.8. The molecule has 5 nitrogen and oxygen atoms in total. The minimum absolute atomic E-state index is 0.175. The molecule has 0 amide bonds. The SMILES string of the molecule is CNc1cc(Cl)cn(-c2ccn(C)n2)c1=O. The number of pyridine rings is 1. The van der Waals surface area contributed by atoms with Crippen LogP contribution in [0, 0.1) is 0 Å². The summed E-state index contributed by atoms with van der Waals surface area (Å²) in [5.41, 5.74) is 0.267. The second-order valence-corrected chi connectivity index (χ2v) is 3.78. The lowest BCUT2D eigenvalue weighted by molar-refractivity contribution is 0.746. The smallest absolute Gasteiger partial charge is 0.279 e. The van der Waals surface area contributed by atoms with Gasteiger partial charge in [-0.15, -0.1) is 0 Å². The number of halogens is 1. The van der Waals surface area contributed by atoms with Crippen molar-refractivity contribution in [3.63, 3.8) is 0 Å². The highest BCUT2D eigenvalue weighted by atomic mass is 35.5. The van der Waals surface area contributed by atoms with Gasteiger partial charge in [0.05, 0.1) is 5.02 Å². The molecule has 0 spiro atoms. The van der Waals surface area contributed by atoms with Crippen molar-refractivity contribution in [2.75, 3.05) is 12.4 Å². The molecule has 0 bridgehead atoms. The molecular weight excluding hydrogens is 228 g/mol. The predicted octanol–water partition coefficient (Wildman–Crippen LogP) is 1.27. The van der Waals surface area contributed by atoms with Crippen LogP contribution in [0.15, 0.2) is 29.3 Å². The van der Waals surface area contributed by atoms with Gasteiger partial charge in [0.15, 0.2) is 5.82 Å². The molecule has 0 unspecified atom stereocenters. The molecule has 84 valence electrons. The van der Waals surface area contributed by atoms with Crippen molar-refractivity contribution < 1.29 is 0 Å². The van der Waals surface area contributed by atoms with Gasteiger partial charge in [0, 0.05) is 32.6 Å². The Hall–Kier alpha value is -1.75. The summed E-state index contributed by atoms with van der Waals surface area (Å²) in [6.07, 6.45) is 3.31. The zero-order valence-corrected chi connectivity index (χ0v) is 9.69. The number of nitrogens with zero attached hydrogens (tertiary/aromatic N) is 3. The van der Waals surface area contributed by atoms with Crippen molar-refractivity contribution in [2.24, 2.45) is 7.05 Å². The lowest BCUT2D eigenvalue weighted by Gasteiger charge is -2.05. The van der Waals surface area contributed by atoms with Crippen LogP contribution >= 0.6 is 11.6 Å². The van der Waals surface area contributed by atoms with Gasteiger partial charge in [-0.25, -0.2) is 0 Å². The largest absolute Gasteiger partial charge is 0.384 e. The predicted molar refractivity (Wildman–Crippen MR) is 63.4 cm³/mol. The summed E-state index contributed by atoms with van der Waals surface area (Å²) in [5, 5.41) is 7.43. The summed E-state index contributed by atoms with van der Waals surface area (Å²) < 4.78 is 3.04. The van der Waals surface area contributed by atoms with E-state index in [1.165, 1.54) is 4.57 Å². The van der Waals surface area contributed by atoms with Crippen molar-refractivity contribution in [2.45, 2.75) is 0 Å². The van der Waals surface area contributed by atoms with Gasteiger partial charge in [0.25, 0.3) is 5.56 Å². The third-order valence-corrected chi connectivity index (χ3v) is 2.41. The molecule has 0 saturated carbocycles. The van der Waals surface area contributed by atoms with E-state index in [9.17, 15) is 4.79 Å². The molecule has 2 aromatic heterocycles. The molecule has 0 aliphatic heterocycles. The standard InChI is InChI=1S/C10H11ClN4O/c1-12-8-5-7(11)6-15(10(8)16)9-3-4-14(2)13-9/h3-6,12H,1-2H3. The Kier molecular flexibility index (Phi) is 2.70. The Bertz CT molecular complexity index is 572. The van der Waals surface area contributed by atoms with Gasteiger partial charge >= 0.3 is 0 Å². The molecule has 0 aliphatic carbocycles. The Balaban J connectivity index is 2.65. The molecule has 0 radical (unpaired) electrons. The zero-order chi connectivity index (χ0) is 11.7. The molecule has 0 fully saturated rings. The molecule has 6 heteroatoms. The quantitative estimate of drug-likeness (QED) is 0.857. The van der Waals surface area contributed by atoms with Crippen molar-refractivity contribution >= 4 is 17.3 Å². The summed E-state index contributed by atoms with van der Waals surface area (Å²) in [6.45, 7) is 0. The molecule has 16 heavy (non-hydrogen) atoms. The van der Waals surface area contributed by atoms with Crippen LogP contribution in [0.3, 0.4) is 0 Å². The molecule has 2 heterocycles. The molecule has 1 N–H and O–H groups in total. The van der Waals surface area contributed by atoms with E-state index in [1.54, 1.807) is 43.3 Å². The third-order valence-electron chi connectivity index (χ3n) is 2.20. The average molecular weight is 239 g/mol. The fourth-order valence-electron chi connectivity index (χ4n) is 1.43. The van der Waals surface area contributed by atoms with E-state index in [-0.39, 0.29) is 5.56 Å². The number of aromatic nitrogens is 3. The first-order valence-corrected chi connectivity index (χ1v) is 5.09. The number of hydrogen-bond donors (Lipinski definition) is 1. The normalized spacial score (nSPS) is 10.4. The van der Waals surface area contributed by atoms with E-state index in [1.807, 2.05) is 0 Å². The van der Waals surface area contributed by atoms with Crippen molar-refractivity contribution in [3.8, 4) is 5.82 Å². The lowest BCUT2D eigenvalue weighted by Crippen LogP contribution is -2.21. The van der Waals surface area contributed by atoms with Gasteiger partial charge in [-0.2, -0.15) is 5.10 Å². The number of anilines is 1. The van der Waals surface area contributed by atoms with Crippen LogP contribution < -0.4 is 10.9 Å². The van der Waals surface area contributed by atoms with Crippen LogP contribution in [0.2, 0.25) is 5.02 Å². The van der Waals surface area contributed by atoms with Crippen LogP contribution in [-0.4, -0.2) is 21.4 Å². The highest BCUT2D eigenvalue weighted by Crippen LogP contribution is 2.13. The van der Waals surface area contributed by atoms with Gasteiger partial charge in [0.2, 0.25) is 0 Å². The molecule has 0 saturated heterocycles. The van der Waals surface area contributed by atoms with E-state index >= 15 is 0 Å². The molecule has 2 rings (SSSR count). The van der Waals surface area contributed by atoms with Crippen LogP contribution in [0.1, 0.15) is 0 Å². The highest BCUT2D eigenvalue weighted by Gasteiger charge is 2.07. The maximum absolute atomic E-state index is 12.0. The first-order chi connectivity index (χ1) is 7.61. The van der Waals surface area contributed by atoms with Crippen molar-refractivity contribution in [1.82, 2.24) is 14.3 Å². The van der Waals surface area contributed by atoms with E-state index in [0.29, 0.717) is 16.5 Å². The maximum Gasteiger partial charge on any atom is 0.279 e. The number of nitrogens with one attached hydrogen (secondary N) is 1. The second-order valence-electron chi connectivity index (χ2n) is 3.34. The fourth-order valence-corrected chi connectivity index (χ4v) is 1.64. The van der Waals surface area contributed by atoms with Crippen LogP contribution in [0.4, 0.5) is 5.69 Å². The van der Waals surface area contributed by atoms with E-state index < -0.39 is 0 Å². The van der Waals surface area contributed by atoms with Crippen molar-refractivity contribution in [1.29, 1.82) is 0 Å². The molecule has 0 atom stereocenters. The van der Waals surface area contributed by atoms with Gasteiger partial charge in [-0.1, -0.05) is 11.6 Å². The minimum Gasteiger partial charge on any atom is -0.384 e. The fraction of sp³-hybridized carbons (Fsp3) is 0.200. The Labute approximate surface area is 97.3 Å². The number of aryl methyl sites for hydroxylation is 1. The average Bonchev–Trinajstić information content (AvgIpc) is 2.67. The molecule has 2 aromatic rings. The van der Waals surface area contributed by atoms with Crippen molar-refractivity contribution in [3.05, 3.63) is 39.9 Å². The van der Waals surface area contributed by atoms with Crippen LogP contribution in [-0.2, 0) is 7.05 Å². The highest BCUT2D eigenvalue weighted by molar-refractivity contribution is 6.30. The van der Waals surface area contributed by atoms with Gasteiger partial charge in [-0.05, 0) is 6.07 Å². The third kappa shape index (κ3) is 1.81. The first-order valence-electron chi connectivity index (χ1n) is 4.72. The summed E-state index contributed by atoms with van der Waals surface area (Å²) in [4.78, 5) is 12.0. The number of hydrogen-bond acceptors (Lipinski definition) is 3. The Morgan fingerprint density at radius 1 is 1.50 bits per heavy atom. The van der Waals surface area contributed by atoms with E-state index in [2.05, 4.69) is 10.4 Å². The van der Waals surface area contributed by atoms with Crippen LogP contribution in [0.5, 0.6) is 0 Å². The van der Waals surface area contributed by atoms with Gasteiger partial charge in [-0.3, -0.25) is 14.0 Å². The zero-order valence-electron chi connectivity index (χ0n) is 8.94. The lowest BCUT2D eigenvalue weighted by atomic mass is 10.4. The number of rotatable bonds is 2. The Morgan fingerprint density at radius 3 is 2.81 bits per heavy atom. The van der Waals surface area contributed by atoms with Gasteiger partial charge < -0.3 is 5.32 Å². The monoisotopic (exact) mass is 238 g/mol. The minimum atomic E-state index is -0.175. The maximum atomic E-state index is 12.0. The summed E-state index contributed by atoms with van der Waals surface area (Å²) in [6, 6.07) is 3.33. The summed E-state index contributed by atoms with van der Waals surface area (Å²) in [7, 11) is 3.47.